The lowest BCUT2D eigenvalue weighted by molar-refractivity contribution is -0.0540. The van der Waals surface area contributed by atoms with Gasteiger partial charge in [0, 0.05) is 6.61 Å². The molecule has 0 radical (unpaired) electrons. The Hall–Kier alpha value is -3.36. The summed E-state index contributed by atoms with van der Waals surface area (Å²) in [5, 5.41) is 27.6. The summed E-state index contributed by atoms with van der Waals surface area (Å²) in [5.74, 6) is 0.557. The number of rotatable bonds is 9. The third kappa shape index (κ3) is 5.74. The fourth-order valence-corrected chi connectivity index (χ4v) is 5.50. The highest BCUT2D eigenvalue weighted by atomic mass is 16.6. The van der Waals surface area contributed by atoms with Crippen LogP contribution in [0.5, 0.6) is 0 Å². The van der Waals surface area contributed by atoms with Crippen LogP contribution in [0, 0.1) is 0 Å². The topological polar surface area (TPSA) is 162 Å². The van der Waals surface area contributed by atoms with E-state index in [0.717, 1.165) is 31.2 Å². The summed E-state index contributed by atoms with van der Waals surface area (Å²) in [5.41, 5.74) is 2.03. The predicted octanol–water partition coefficient (Wildman–Crippen LogP) is 1.51. The molecule has 2 saturated heterocycles. The number of aromatic nitrogens is 4. The van der Waals surface area contributed by atoms with Crippen molar-refractivity contribution >= 4 is 23.1 Å². The van der Waals surface area contributed by atoms with E-state index in [0.29, 0.717) is 36.8 Å². The Morgan fingerprint density at radius 3 is 2.80 bits per heavy atom. The molecular formula is C27H34N6O7. The van der Waals surface area contributed by atoms with Gasteiger partial charge in [-0.15, -0.1) is 0 Å². The van der Waals surface area contributed by atoms with Crippen LogP contribution in [-0.4, -0.2) is 92.1 Å². The number of imidazole rings is 1. The standard InChI is InChI=1S/C27H34N6O7/c34-22-20(13-39-27(36)32-18-7-4-8-19(18)38-11-16-5-2-1-3-6-16)40-26(23(22)35)33-15-30-21-24(28-14-29-25(21)33)31-17-9-10-37-12-17/h1-3,5-6,14-15,17-20,22-23,26,34-35H,4,7-13H2,(H,32,36)(H,28,29,31)/t17-,18?,19?,20?,22?,23?,26?/m1/s1. The summed E-state index contributed by atoms with van der Waals surface area (Å²) in [6, 6.07) is 9.85. The summed E-state index contributed by atoms with van der Waals surface area (Å²) in [6.07, 6.45) is 1.13. The molecule has 3 aromatic rings. The lowest BCUT2D eigenvalue weighted by atomic mass is 10.1. The van der Waals surface area contributed by atoms with E-state index in [4.69, 9.17) is 18.9 Å². The van der Waals surface area contributed by atoms with Gasteiger partial charge in [-0.05, 0) is 31.2 Å². The lowest BCUT2D eigenvalue weighted by Gasteiger charge is -2.22. The zero-order chi connectivity index (χ0) is 27.5. The van der Waals surface area contributed by atoms with Crippen molar-refractivity contribution < 1.29 is 34.0 Å². The average Bonchev–Trinajstić information content (AvgIpc) is 3.77. The van der Waals surface area contributed by atoms with Gasteiger partial charge in [0.1, 0.15) is 31.2 Å². The summed E-state index contributed by atoms with van der Waals surface area (Å²) >= 11 is 0. The van der Waals surface area contributed by atoms with Crippen LogP contribution in [0.25, 0.3) is 11.2 Å². The molecule has 40 heavy (non-hydrogen) atoms. The van der Waals surface area contributed by atoms with Gasteiger partial charge < -0.3 is 39.8 Å². The second-order valence-corrected chi connectivity index (χ2v) is 10.4. The molecule has 6 rings (SSSR count). The van der Waals surface area contributed by atoms with Crippen molar-refractivity contribution in [3.05, 3.63) is 48.5 Å². The third-order valence-electron chi connectivity index (χ3n) is 7.68. The molecule has 2 aromatic heterocycles. The summed E-state index contributed by atoms with van der Waals surface area (Å²) in [4.78, 5) is 25.6. The lowest BCUT2D eigenvalue weighted by Crippen LogP contribution is -2.43. The monoisotopic (exact) mass is 554 g/mol. The van der Waals surface area contributed by atoms with Gasteiger partial charge in [-0.3, -0.25) is 4.57 Å². The van der Waals surface area contributed by atoms with E-state index in [2.05, 4.69) is 25.6 Å². The number of nitrogens with zero attached hydrogens (tertiary/aromatic N) is 4. The molecule has 3 fully saturated rings. The van der Waals surface area contributed by atoms with Crippen molar-refractivity contribution in [2.45, 2.75) is 75.0 Å². The minimum Gasteiger partial charge on any atom is -0.447 e. The number of alkyl carbamates (subject to hydrolysis) is 1. The highest BCUT2D eigenvalue weighted by Crippen LogP contribution is 2.33. The number of aliphatic hydroxyl groups is 2. The number of anilines is 1. The molecule has 4 N–H and O–H groups in total. The zero-order valence-corrected chi connectivity index (χ0v) is 22.0. The Morgan fingerprint density at radius 2 is 1.98 bits per heavy atom. The second kappa shape index (κ2) is 12.0. The quantitative estimate of drug-likeness (QED) is 0.303. The third-order valence-corrected chi connectivity index (χ3v) is 7.68. The number of nitrogens with one attached hydrogen (secondary N) is 2. The molecule has 0 bridgehead atoms. The maximum absolute atomic E-state index is 12.6. The van der Waals surface area contributed by atoms with Crippen molar-refractivity contribution in [3.63, 3.8) is 0 Å². The van der Waals surface area contributed by atoms with Crippen LogP contribution >= 0.6 is 0 Å². The molecule has 13 heteroatoms. The van der Waals surface area contributed by atoms with Crippen LogP contribution in [0.15, 0.2) is 43.0 Å². The number of hydrogen-bond donors (Lipinski definition) is 4. The highest BCUT2D eigenvalue weighted by molar-refractivity contribution is 5.82. The highest BCUT2D eigenvalue weighted by Gasteiger charge is 2.45. The van der Waals surface area contributed by atoms with Crippen LogP contribution in [0.1, 0.15) is 37.5 Å². The number of ether oxygens (including phenoxy) is 4. The molecule has 7 atom stereocenters. The molecule has 0 spiro atoms. The van der Waals surface area contributed by atoms with Crippen molar-refractivity contribution in [3.8, 4) is 0 Å². The number of hydrogen-bond acceptors (Lipinski definition) is 11. The smallest absolute Gasteiger partial charge is 0.407 e. The molecule has 4 heterocycles. The van der Waals surface area contributed by atoms with Gasteiger partial charge >= 0.3 is 6.09 Å². The molecule has 1 saturated carbocycles. The minimum absolute atomic E-state index is 0.107. The Bertz CT molecular complexity index is 1290. The van der Waals surface area contributed by atoms with E-state index < -0.39 is 30.6 Å². The number of carbonyl (C=O) groups is 1. The Kier molecular flexibility index (Phi) is 8.07. The number of amides is 1. The second-order valence-electron chi connectivity index (χ2n) is 10.4. The van der Waals surface area contributed by atoms with Gasteiger partial charge in [0.2, 0.25) is 0 Å². The minimum atomic E-state index is -1.28. The van der Waals surface area contributed by atoms with Gasteiger partial charge in [0.05, 0.1) is 37.7 Å². The summed E-state index contributed by atoms with van der Waals surface area (Å²) in [6.45, 7) is 1.50. The van der Waals surface area contributed by atoms with Crippen LogP contribution < -0.4 is 10.6 Å². The first kappa shape index (κ1) is 26.8. The molecule has 1 aliphatic carbocycles. The van der Waals surface area contributed by atoms with Gasteiger partial charge in [-0.1, -0.05) is 30.3 Å². The first-order valence-corrected chi connectivity index (χ1v) is 13.7. The van der Waals surface area contributed by atoms with Gasteiger partial charge in [-0.25, -0.2) is 19.7 Å². The van der Waals surface area contributed by atoms with E-state index >= 15 is 0 Å². The number of benzene rings is 1. The van der Waals surface area contributed by atoms with Crippen LogP contribution in [0.3, 0.4) is 0 Å². The zero-order valence-electron chi connectivity index (χ0n) is 22.0. The SMILES string of the molecule is O=C(NC1CCCC1OCc1ccccc1)OCC1OC(n2cnc3c(N[C@@H]4CCOC4)ncnc32)C(O)C1O. The molecular weight excluding hydrogens is 520 g/mol. The van der Waals surface area contributed by atoms with Crippen LogP contribution in [0.4, 0.5) is 10.6 Å². The fourth-order valence-electron chi connectivity index (χ4n) is 5.50. The van der Waals surface area contributed by atoms with Crippen LogP contribution in [-0.2, 0) is 25.6 Å². The van der Waals surface area contributed by atoms with Crippen molar-refractivity contribution in [1.82, 2.24) is 24.8 Å². The number of fused-ring (bicyclic) bond motifs is 1. The van der Waals surface area contributed by atoms with E-state index in [1.165, 1.54) is 12.7 Å². The Morgan fingerprint density at radius 1 is 1.10 bits per heavy atom. The van der Waals surface area contributed by atoms with Gasteiger partial charge in [0.15, 0.2) is 23.2 Å². The molecule has 2 aliphatic heterocycles. The Labute approximate surface area is 230 Å². The molecule has 13 nitrogen and oxygen atoms in total. The van der Waals surface area contributed by atoms with E-state index in [1.807, 2.05) is 30.3 Å². The molecule has 6 unspecified atom stereocenters. The number of aliphatic hydroxyl groups excluding tert-OH is 2. The molecule has 1 aromatic carbocycles. The van der Waals surface area contributed by atoms with E-state index in [9.17, 15) is 15.0 Å². The normalized spacial score (nSPS) is 30.1. The van der Waals surface area contributed by atoms with Crippen molar-refractivity contribution in [2.75, 3.05) is 25.1 Å². The van der Waals surface area contributed by atoms with E-state index in [1.54, 1.807) is 4.57 Å². The van der Waals surface area contributed by atoms with Crippen LogP contribution in [0.2, 0.25) is 0 Å². The average molecular weight is 555 g/mol. The maximum atomic E-state index is 12.6. The van der Waals surface area contributed by atoms with Crippen molar-refractivity contribution in [2.24, 2.45) is 0 Å². The summed E-state index contributed by atoms with van der Waals surface area (Å²) in [7, 11) is 0. The molecule has 214 valence electrons. The fraction of sp³-hybridized carbons (Fsp3) is 0.556. The summed E-state index contributed by atoms with van der Waals surface area (Å²) < 4.78 is 24.3. The van der Waals surface area contributed by atoms with E-state index in [-0.39, 0.29) is 24.8 Å². The first-order valence-electron chi connectivity index (χ1n) is 13.7. The molecule has 1 amide bonds. The maximum Gasteiger partial charge on any atom is 0.407 e. The van der Waals surface area contributed by atoms with Gasteiger partial charge in [-0.2, -0.15) is 0 Å². The van der Waals surface area contributed by atoms with Gasteiger partial charge in [0.25, 0.3) is 0 Å². The Balaban J connectivity index is 1.03. The largest absolute Gasteiger partial charge is 0.447 e. The van der Waals surface area contributed by atoms with Crippen molar-refractivity contribution in [1.29, 1.82) is 0 Å². The number of carbonyl (C=O) groups excluding carboxylic acids is 1. The molecule has 3 aliphatic rings. The predicted molar refractivity (Wildman–Crippen MR) is 141 cm³/mol. The first-order chi connectivity index (χ1) is 19.6.